The number of carbonyl (C=O) groups excluding carboxylic acids is 2. The first-order valence-corrected chi connectivity index (χ1v) is 11.4. The third-order valence-corrected chi connectivity index (χ3v) is 6.52. The SMILES string of the molecule is COc1ccc2c(c1)-c1c(ccc(OC)c1OC(=O)C(=O)c1ccccc1)CC(Cl)N(C)CC2. The molecule has 3 aromatic rings. The van der Waals surface area contributed by atoms with Gasteiger partial charge in [-0.15, -0.1) is 11.6 Å². The fourth-order valence-electron chi connectivity index (χ4n) is 4.09. The van der Waals surface area contributed by atoms with Crippen LogP contribution in [0.25, 0.3) is 11.1 Å². The fraction of sp³-hybridized carbons (Fsp3) is 0.259. The fourth-order valence-corrected chi connectivity index (χ4v) is 4.35. The van der Waals surface area contributed by atoms with Crippen molar-refractivity contribution in [3.63, 3.8) is 0 Å². The Morgan fingerprint density at radius 1 is 0.971 bits per heavy atom. The van der Waals surface area contributed by atoms with Gasteiger partial charge in [0.15, 0.2) is 11.5 Å². The van der Waals surface area contributed by atoms with Crippen LogP contribution in [0.3, 0.4) is 0 Å². The molecule has 1 aliphatic heterocycles. The van der Waals surface area contributed by atoms with Gasteiger partial charge in [0.1, 0.15) is 5.75 Å². The highest BCUT2D eigenvalue weighted by molar-refractivity contribution is 6.41. The number of halogens is 1. The van der Waals surface area contributed by atoms with Crippen molar-refractivity contribution in [3.8, 4) is 28.4 Å². The van der Waals surface area contributed by atoms with Crippen molar-refractivity contribution in [2.24, 2.45) is 0 Å². The molecule has 0 spiro atoms. The van der Waals surface area contributed by atoms with Crippen molar-refractivity contribution in [1.29, 1.82) is 0 Å². The minimum Gasteiger partial charge on any atom is -0.497 e. The quantitative estimate of drug-likeness (QED) is 0.131. The van der Waals surface area contributed by atoms with Crippen LogP contribution in [0, 0.1) is 0 Å². The van der Waals surface area contributed by atoms with Gasteiger partial charge in [0, 0.05) is 24.1 Å². The van der Waals surface area contributed by atoms with Gasteiger partial charge in [-0.1, -0.05) is 42.5 Å². The van der Waals surface area contributed by atoms with Crippen LogP contribution < -0.4 is 14.2 Å². The summed E-state index contributed by atoms with van der Waals surface area (Å²) in [6, 6.07) is 17.8. The number of fused-ring (bicyclic) bond motifs is 3. The number of esters is 1. The molecule has 34 heavy (non-hydrogen) atoms. The molecule has 0 N–H and O–H groups in total. The first kappa shape index (κ1) is 23.8. The van der Waals surface area contributed by atoms with Crippen LogP contribution >= 0.6 is 11.6 Å². The third-order valence-electron chi connectivity index (χ3n) is 6.03. The summed E-state index contributed by atoms with van der Waals surface area (Å²) in [5, 5.41) is 0. The molecular weight excluding hydrogens is 454 g/mol. The predicted molar refractivity (Wildman–Crippen MR) is 131 cm³/mol. The van der Waals surface area contributed by atoms with Crippen LogP contribution in [0.2, 0.25) is 0 Å². The molecule has 1 unspecified atom stereocenters. The number of hydrogen-bond acceptors (Lipinski definition) is 6. The van der Waals surface area contributed by atoms with E-state index in [1.54, 1.807) is 43.5 Å². The van der Waals surface area contributed by atoms with E-state index in [2.05, 4.69) is 4.90 Å². The number of alkyl halides is 1. The van der Waals surface area contributed by atoms with Gasteiger partial charge >= 0.3 is 5.97 Å². The molecule has 176 valence electrons. The molecular formula is C27H26ClNO5. The Morgan fingerprint density at radius 3 is 2.41 bits per heavy atom. The van der Waals surface area contributed by atoms with Gasteiger partial charge in [0.05, 0.1) is 19.7 Å². The van der Waals surface area contributed by atoms with E-state index in [-0.39, 0.29) is 16.8 Å². The molecule has 0 amide bonds. The summed E-state index contributed by atoms with van der Waals surface area (Å²) in [6.45, 7) is 0.750. The van der Waals surface area contributed by atoms with Crippen LogP contribution in [-0.2, 0) is 17.6 Å². The molecule has 1 aliphatic rings. The zero-order valence-electron chi connectivity index (χ0n) is 19.3. The van der Waals surface area contributed by atoms with Crippen LogP contribution in [0.1, 0.15) is 21.5 Å². The number of Topliss-reactive ketones (excluding diaryl/α,β-unsaturated/α-hetero) is 1. The number of benzene rings is 3. The van der Waals surface area contributed by atoms with Gasteiger partial charge in [-0.05, 0) is 48.4 Å². The summed E-state index contributed by atoms with van der Waals surface area (Å²) in [5.41, 5.74) is 3.42. The van der Waals surface area contributed by atoms with Crippen molar-refractivity contribution in [2.75, 3.05) is 27.8 Å². The average molecular weight is 480 g/mol. The maximum Gasteiger partial charge on any atom is 0.385 e. The van der Waals surface area contributed by atoms with Crippen molar-refractivity contribution < 1.29 is 23.8 Å². The van der Waals surface area contributed by atoms with Crippen molar-refractivity contribution in [3.05, 3.63) is 77.4 Å². The van der Waals surface area contributed by atoms with Gasteiger partial charge < -0.3 is 14.2 Å². The molecule has 6 nitrogen and oxygen atoms in total. The Hall–Kier alpha value is -3.35. The Balaban J connectivity index is 1.89. The molecule has 7 heteroatoms. The summed E-state index contributed by atoms with van der Waals surface area (Å²) in [6.07, 6.45) is 1.23. The monoisotopic (exact) mass is 479 g/mol. The van der Waals surface area contributed by atoms with Gasteiger partial charge in [-0.3, -0.25) is 9.69 Å². The lowest BCUT2D eigenvalue weighted by atomic mass is 9.91. The summed E-state index contributed by atoms with van der Waals surface area (Å²) in [4.78, 5) is 27.8. The second kappa shape index (κ2) is 10.3. The van der Waals surface area contributed by atoms with E-state index < -0.39 is 11.8 Å². The number of ketones is 1. The van der Waals surface area contributed by atoms with Crippen molar-refractivity contribution >= 4 is 23.4 Å². The third kappa shape index (κ3) is 4.79. The van der Waals surface area contributed by atoms with Crippen molar-refractivity contribution in [1.82, 2.24) is 4.90 Å². The maximum atomic E-state index is 13.0. The molecule has 3 aromatic carbocycles. The number of nitrogens with zero attached hydrogens (tertiary/aromatic N) is 1. The molecule has 0 radical (unpaired) electrons. The molecule has 1 heterocycles. The number of rotatable bonds is 5. The summed E-state index contributed by atoms with van der Waals surface area (Å²) >= 11 is 6.72. The summed E-state index contributed by atoms with van der Waals surface area (Å²) in [5.74, 6) is -0.510. The summed E-state index contributed by atoms with van der Waals surface area (Å²) in [7, 11) is 5.08. The highest BCUT2D eigenvalue weighted by Crippen LogP contribution is 2.45. The van der Waals surface area contributed by atoms with Crippen LogP contribution in [-0.4, -0.2) is 50.0 Å². The molecule has 0 bridgehead atoms. The molecule has 1 atom stereocenters. The Bertz CT molecular complexity index is 1210. The number of carbonyl (C=O) groups is 2. The van der Waals surface area contributed by atoms with Crippen LogP contribution in [0.15, 0.2) is 60.7 Å². The Kier molecular flexibility index (Phi) is 7.20. The molecule has 0 aromatic heterocycles. The lowest BCUT2D eigenvalue weighted by Gasteiger charge is -2.22. The highest BCUT2D eigenvalue weighted by Gasteiger charge is 2.28. The van der Waals surface area contributed by atoms with E-state index in [4.69, 9.17) is 25.8 Å². The van der Waals surface area contributed by atoms with E-state index in [0.29, 0.717) is 23.5 Å². The highest BCUT2D eigenvalue weighted by atomic mass is 35.5. The van der Waals surface area contributed by atoms with E-state index in [0.717, 1.165) is 29.7 Å². The topological polar surface area (TPSA) is 65.1 Å². The minimum absolute atomic E-state index is 0.192. The van der Waals surface area contributed by atoms with E-state index in [9.17, 15) is 9.59 Å². The van der Waals surface area contributed by atoms with E-state index in [1.807, 2.05) is 31.3 Å². The minimum atomic E-state index is -0.984. The van der Waals surface area contributed by atoms with Gasteiger partial charge in [-0.2, -0.15) is 0 Å². The zero-order valence-corrected chi connectivity index (χ0v) is 20.1. The van der Waals surface area contributed by atoms with E-state index >= 15 is 0 Å². The zero-order chi connectivity index (χ0) is 24.2. The normalized spacial score (nSPS) is 15.7. The lowest BCUT2D eigenvalue weighted by molar-refractivity contribution is -0.129. The average Bonchev–Trinajstić information content (AvgIpc) is 2.91. The Labute approximate surface area is 204 Å². The summed E-state index contributed by atoms with van der Waals surface area (Å²) < 4.78 is 16.8. The molecule has 0 aliphatic carbocycles. The molecule has 4 rings (SSSR count). The molecule has 0 saturated carbocycles. The smallest absolute Gasteiger partial charge is 0.385 e. The lowest BCUT2D eigenvalue weighted by Crippen LogP contribution is -2.30. The van der Waals surface area contributed by atoms with Gasteiger partial charge in [0.25, 0.3) is 5.78 Å². The van der Waals surface area contributed by atoms with E-state index in [1.165, 1.54) is 7.11 Å². The maximum absolute atomic E-state index is 13.0. The van der Waals surface area contributed by atoms with Gasteiger partial charge in [-0.25, -0.2) is 4.79 Å². The largest absolute Gasteiger partial charge is 0.497 e. The Morgan fingerprint density at radius 2 is 1.71 bits per heavy atom. The number of likely N-dealkylation sites (N-methyl/N-ethyl adjacent to an activating group) is 1. The van der Waals surface area contributed by atoms with Crippen LogP contribution in [0.5, 0.6) is 17.2 Å². The number of ether oxygens (including phenoxy) is 3. The molecule has 0 saturated heterocycles. The van der Waals surface area contributed by atoms with Crippen LogP contribution in [0.4, 0.5) is 0 Å². The first-order valence-electron chi connectivity index (χ1n) is 11.0. The molecule has 0 fully saturated rings. The van der Waals surface area contributed by atoms with Gasteiger partial charge in [0.2, 0.25) is 0 Å². The predicted octanol–water partition coefficient (Wildman–Crippen LogP) is 4.75. The second-order valence-corrected chi connectivity index (χ2v) is 8.61. The first-order chi connectivity index (χ1) is 16.4. The number of hydrogen-bond donors (Lipinski definition) is 0. The number of methoxy groups -OCH3 is 2. The van der Waals surface area contributed by atoms with Crippen molar-refractivity contribution in [2.45, 2.75) is 18.3 Å². The standard InChI is InChI=1S/C27H26ClNO5/c1-29-14-13-17-9-11-20(32-2)16-21(17)24-19(15-23(29)28)10-12-22(33-3)26(24)34-27(31)25(30)18-7-5-4-6-8-18/h4-12,16,23H,13-15H2,1-3H3. The second-order valence-electron chi connectivity index (χ2n) is 8.11.